The van der Waals surface area contributed by atoms with Crippen molar-refractivity contribution in [2.24, 2.45) is 0 Å². The molecular formula is C10H15NO2. The number of benzene rings is 1. The fourth-order valence-electron chi connectivity index (χ4n) is 1.06. The topological polar surface area (TPSA) is 41.5 Å². The van der Waals surface area contributed by atoms with Gasteiger partial charge in [-0.15, -0.1) is 0 Å². The van der Waals surface area contributed by atoms with Gasteiger partial charge in [0.05, 0.1) is 13.2 Å². The Balaban J connectivity index is 2.56. The number of hydrogen-bond donors (Lipinski definition) is 2. The summed E-state index contributed by atoms with van der Waals surface area (Å²) in [5, 5.41) is 11.7. The molecule has 2 N–H and O–H groups in total. The van der Waals surface area contributed by atoms with E-state index in [9.17, 15) is 0 Å². The average Bonchev–Trinajstić information content (AvgIpc) is 2.16. The Bertz CT molecular complexity index is 250. The van der Waals surface area contributed by atoms with Crippen LogP contribution in [0.25, 0.3) is 0 Å². The minimum Gasteiger partial charge on any atom is -0.494 e. The highest BCUT2D eigenvalue weighted by molar-refractivity contribution is 5.48. The van der Waals surface area contributed by atoms with Crippen LogP contribution in [0.4, 0.5) is 5.69 Å². The highest BCUT2D eigenvalue weighted by atomic mass is 16.5. The van der Waals surface area contributed by atoms with Crippen LogP contribution in [0, 0.1) is 0 Å². The predicted molar refractivity (Wildman–Crippen MR) is 53.2 cm³/mol. The van der Waals surface area contributed by atoms with Gasteiger partial charge in [0, 0.05) is 18.3 Å². The summed E-state index contributed by atoms with van der Waals surface area (Å²) >= 11 is 0. The monoisotopic (exact) mass is 181 g/mol. The normalized spacial score (nSPS) is 9.69. The second-order valence-electron chi connectivity index (χ2n) is 2.61. The lowest BCUT2D eigenvalue weighted by Gasteiger charge is -2.07. The van der Waals surface area contributed by atoms with Crippen molar-refractivity contribution in [1.82, 2.24) is 0 Å². The van der Waals surface area contributed by atoms with Crippen LogP contribution in [0.1, 0.15) is 6.92 Å². The molecule has 0 spiro atoms. The van der Waals surface area contributed by atoms with Gasteiger partial charge in [-0.05, 0) is 19.1 Å². The van der Waals surface area contributed by atoms with E-state index in [1.807, 2.05) is 31.2 Å². The van der Waals surface area contributed by atoms with Crippen LogP contribution in [-0.2, 0) is 0 Å². The summed E-state index contributed by atoms with van der Waals surface area (Å²) in [7, 11) is 0. The lowest BCUT2D eigenvalue weighted by molar-refractivity contribution is 0.311. The van der Waals surface area contributed by atoms with Gasteiger partial charge in [0.15, 0.2) is 0 Å². The summed E-state index contributed by atoms with van der Waals surface area (Å²) < 4.78 is 5.32. The van der Waals surface area contributed by atoms with Gasteiger partial charge in [0.2, 0.25) is 0 Å². The number of anilines is 1. The maximum atomic E-state index is 8.61. The Kier molecular flexibility index (Phi) is 4.12. The first kappa shape index (κ1) is 9.86. The van der Waals surface area contributed by atoms with Gasteiger partial charge in [0.25, 0.3) is 0 Å². The Hall–Kier alpha value is -1.22. The number of hydrogen-bond acceptors (Lipinski definition) is 3. The number of rotatable bonds is 5. The van der Waals surface area contributed by atoms with Crippen LogP contribution >= 0.6 is 0 Å². The molecule has 0 fully saturated rings. The largest absolute Gasteiger partial charge is 0.494 e. The summed E-state index contributed by atoms with van der Waals surface area (Å²) in [4.78, 5) is 0. The number of aliphatic hydroxyl groups is 1. The fourth-order valence-corrected chi connectivity index (χ4v) is 1.06. The van der Waals surface area contributed by atoms with Crippen LogP contribution in [0.15, 0.2) is 24.3 Å². The summed E-state index contributed by atoms with van der Waals surface area (Å²) in [6, 6.07) is 7.69. The van der Waals surface area contributed by atoms with E-state index in [0.717, 1.165) is 11.4 Å². The first-order valence-corrected chi connectivity index (χ1v) is 4.44. The quantitative estimate of drug-likeness (QED) is 0.723. The van der Waals surface area contributed by atoms with E-state index in [2.05, 4.69) is 5.32 Å². The van der Waals surface area contributed by atoms with Crippen LogP contribution < -0.4 is 10.1 Å². The molecule has 0 aliphatic rings. The molecule has 1 aromatic carbocycles. The van der Waals surface area contributed by atoms with Crippen LogP contribution in [0.5, 0.6) is 5.75 Å². The first-order valence-electron chi connectivity index (χ1n) is 4.44. The minimum atomic E-state index is 0.138. The molecule has 0 saturated heterocycles. The Morgan fingerprint density at radius 2 is 2.31 bits per heavy atom. The van der Waals surface area contributed by atoms with Gasteiger partial charge >= 0.3 is 0 Å². The van der Waals surface area contributed by atoms with Crippen molar-refractivity contribution in [1.29, 1.82) is 0 Å². The zero-order chi connectivity index (χ0) is 9.52. The van der Waals surface area contributed by atoms with E-state index in [1.54, 1.807) is 0 Å². The van der Waals surface area contributed by atoms with Crippen molar-refractivity contribution < 1.29 is 9.84 Å². The van der Waals surface area contributed by atoms with Crippen LogP contribution in [0.2, 0.25) is 0 Å². The molecule has 0 radical (unpaired) electrons. The molecule has 13 heavy (non-hydrogen) atoms. The lowest BCUT2D eigenvalue weighted by atomic mass is 10.3. The molecule has 0 heterocycles. The van der Waals surface area contributed by atoms with E-state index in [4.69, 9.17) is 9.84 Å². The van der Waals surface area contributed by atoms with Gasteiger partial charge in [-0.2, -0.15) is 0 Å². The maximum absolute atomic E-state index is 8.61. The second-order valence-corrected chi connectivity index (χ2v) is 2.61. The standard InChI is InChI=1S/C10H15NO2/c1-2-13-10-5-3-4-9(8-10)11-6-7-12/h3-5,8,11-12H,2,6-7H2,1H3. The van der Waals surface area contributed by atoms with E-state index in [0.29, 0.717) is 13.2 Å². The summed E-state index contributed by atoms with van der Waals surface area (Å²) in [5.41, 5.74) is 0.972. The van der Waals surface area contributed by atoms with Gasteiger partial charge in [-0.1, -0.05) is 6.07 Å². The highest BCUT2D eigenvalue weighted by Crippen LogP contribution is 2.16. The number of nitrogens with one attached hydrogen (secondary N) is 1. The molecule has 3 nitrogen and oxygen atoms in total. The first-order chi connectivity index (χ1) is 6.36. The predicted octanol–water partition coefficient (Wildman–Crippen LogP) is 1.49. The molecule has 0 saturated carbocycles. The Labute approximate surface area is 78.3 Å². The second kappa shape index (κ2) is 5.43. The van der Waals surface area contributed by atoms with Crippen molar-refractivity contribution in [3.05, 3.63) is 24.3 Å². The zero-order valence-electron chi connectivity index (χ0n) is 7.79. The molecule has 0 unspecified atom stereocenters. The zero-order valence-corrected chi connectivity index (χ0v) is 7.79. The van der Waals surface area contributed by atoms with Crippen LogP contribution in [0.3, 0.4) is 0 Å². The Morgan fingerprint density at radius 3 is 3.00 bits per heavy atom. The third-order valence-electron chi connectivity index (χ3n) is 1.59. The fraction of sp³-hybridized carbons (Fsp3) is 0.400. The smallest absolute Gasteiger partial charge is 0.121 e. The van der Waals surface area contributed by atoms with Crippen molar-refractivity contribution in [2.75, 3.05) is 25.1 Å². The molecule has 3 heteroatoms. The minimum absolute atomic E-state index is 0.138. The molecule has 1 rings (SSSR count). The van der Waals surface area contributed by atoms with Gasteiger partial charge in [0.1, 0.15) is 5.75 Å². The summed E-state index contributed by atoms with van der Waals surface area (Å²) in [5.74, 6) is 0.852. The molecule has 72 valence electrons. The number of ether oxygens (including phenoxy) is 1. The summed E-state index contributed by atoms with van der Waals surface area (Å²) in [6.07, 6.45) is 0. The lowest BCUT2D eigenvalue weighted by Crippen LogP contribution is -2.05. The average molecular weight is 181 g/mol. The molecule has 0 aromatic heterocycles. The molecule has 0 amide bonds. The van der Waals surface area contributed by atoms with E-state index < -0.39 is 0 Å². The van der Waals surface area contributed by atoms with Crippen LogP contribution in [-0.4, -0.2) is 24.9 Å². The molecular weight excluding hydrogens is 166 g/mol. The SMILES string of the molecule is CCOc1cccc(NCCO)c1. The van der Waals surface area contributed by atoms with E-state index >= 15 is 0 Å². The molecule has 0 atom stereocenters. The summed E-state index contributed by atoms with van der Waals surface area (Å²) in [6.45, 7) is 3.33. The molecule has 0 bridgehead atoms. The van der Waals surface area contributed by atoms with Crippen molar-refractivity contribution in [2.45, 2.75) is 6.92 Å². The van der Waals surface area contributed by atoms with Gasteiger partial charge in [-0.3, -0.25) is 0 Å². The number of aliphatic hydroxyl groups excluding tert-OH is 1. The third-order valence-corrected chi connectivity index (χ3v) is 1.59. The Morgan fingerprint density at radius 1 is 1.46 bits per heavy atom. The highest BCUT2D eigenvalue weighted by Gasteiger charge is 1.94. The van der Waals surface area contributed by atoms with Crippen molar-refractivity contribution in [3.8, 4) is 5.75 Å². The van der Waals surface area contributed by atoms with Gasteiger partial charge < -0.3 is 15.2 Å². The molecule has 0 aliphatic carbocycles. The van der Waals surface area contributed by atoms with E-state index in [-0.39, 0.29) is 6.61 Å². The van der Waals surface area contributed by atoms with Crippen molar-refractivity contribution in [3.63, 3.8) is 0 Å². The third kappa shape index (κ3) is 3.34. The van der Waals surface area contributed by atoms with Crippen molar-refractivity contribution >= 4 is 5.69 Å². The van der Waals surface area contributed by atoms with Gasteiger partial charge in [-0.25, -0.2) is 0 Å². The molecule has 1 aromatic rings. The molecule has 0 aliphatic heterocycles. The maximum Gasteiger partial charge on any atom is 0.121 e. The van der Waals surface area contributed by atoms with E-state index in [1.165, 1.54) is 0 Å².